The highest BCUT2D eigenvalue weighted by Crippen LogP contribution is 2.37. The van der Waals surface area contributed by atoms with Crippen LogP contribution in [-0.4, -0.2) is 22.3 Å². The van der Waals surface area contributed by atoms with E-state index in [4.69, 9.17) is 0 Å². The SMILES string of the molecule is CC(C)(C)SC[C@H]1CC(=O)N(c2ccccc2C(C)(C)C)C1=O. The molecule has 1 aliphatic rings. The molecule has 3 nitrogen and oxygen atoms in total. The summed E-state index contributed by atoms with van der Waals surface area (Å²) >= 11 is 1.74. The molecule has 2 amide bonds. The summed E-state index contributed by atoms with van der Waals surface area (Å²) in [5.74, 6) is 0.358. The van der Waals surface area contributed by atoms with Crippen molar-refractivity contribution in [2.45, 2.75) is 58.1 Å². The lowest BCUT2D eigenvalue weighted by Crippen LogP contribution is -2.33. The van der Waals surface area contributed by atoms with E-state index in [0.717, 1.165) is 11.3 Å². The van der Waals surface area contributed by atoms with Gasteiger partial charge >= 0.3 is 0 Å². The molecule has 0 bridgehead atoms. The first-order chi connectivity index (χ1) is 10.5. The molecule has 1 aromatic carbocycles. The minimum Gasteiger partial charge on any atom is -0.274 e. The number of carbonyl (C=O) groups is 2. The maximum Gasteiger partial charge on any atom is 0.238 e. The summed E-state index contributed by atoms with van der Waals surface area (Å²) in [6.07, 6.45) is 0.320. The van der Waals surface area contributed by atoms with Crippen LogP contribution in [0.4, 0.5) is 5.69 Å². The van der Waals surface area contributed by atoms with Gasteiger partial charge in [0.2, 0.25) is 11.8 Å². The van der Waals surface area contributed by atoms with Crippen molar-refractivity contribution in [1.82, 2.24) is 0 Å². The van der Waals surface area contributed by atoms with Crippen molar-refractivity contribution >= 4 is 29.3 Å². The number of hydrogen-bond donors (Lipinski definition) is 0. The molecule has 0 aliphatic carbocycles. The van der Waals surface area contributed by atoms with Gasteiger partial charge in [0.15, 0.2) is 0 Å². The van der Waals surface area contributed by atoms with E-state index in [1.807, 2.05) is 24.3 Å². The fraction of sp³-hybridized carbons (Fsp3) is 0.579. The van der Waals surface area contributed by atoms with Crippen molar-refractivity contribution in [2.75, 3.05) is 10.7 Å². The number of benzene rings is 1. The van der Waals surface area contributed by atoms with E-state index < -0.39 is 0 Å². The molecule has 0 radical (unpaired) electrons. The Balaban J connectivity index is 2.28. The molecule has 1 saturated heterocycles. The van der Waals surface area contributed by atoms with Gasteiger partial charge in [0.25, 0.3) is 0 Å². The van der Waals surface area contributed by atoms with Crippen molar-refractivity contribution in [1.29, 1.82) is 0 Å². The minimum atomic E-state index is -0.209. The van der Waals surface area contributed by atoms with Crippen molar-refractivity contribution in [3.63, 3.8) is 0 Å². The number of thioether (sulfide) groups is 1. The summed E-state index contributed by atoms with van der Waals surface area (Å²) in [5.41, 5.74) is 1.67. The fourth-order valence-electron chi connectivity index (χ4n) is 2.73. The molecule has 1 heterocycles. The molecule has 4 heteroatoms. The lowest BCUT2D eigenvalue weighted by atomic mass is 9.85. The van der Waals surface area contributed by atoms with Crippen LogP contribution in [0.15, 0.2) is 24.3 Å². The quantitative estimate of drug-likeness (QED) is 0.770. The molecule has 1 aliphatic heterocycles. The third-order valence-corrected chi connectivity index (χ3v) is 5.35. The summed E-state index contributed by atoms with van der Waals surface area (Å²) in [6, 6.07) is 7.74. The number of amides is 2. The zero-order chi connectivity index (χ0) is 17.4. The van der Waals surface area contributed by atoms with E-state index in [1.54, 1.807) is 11.8 Å². The van der Waals surface area contributed by atoms with E-state index in [0.29, 0.717) is 12.2 Å². The molecule has 23 heavy (non-hydrogen) atoms. The number of para-hydroxylation sites is 1. The van der Waals surface area contributed by atoms with Crippen LogP contribution in [0.2, 0.25) is 0 Å². The van der Waals surface area contributed by atoms with Crippen LogP contribution >= 0.6 is 11.8 Å². The van der Waals surface area contributed by atoms with Crippen LogP contribution in [0.5, 0.6) is 0 Å². The molecular weight excluding hydrogens is 306 g/mol. The predicted octanol–water partition coefficient (Wildman–Crippen LogP) is 4.40. The molecule has 1 aromatic rings. The average molecular weight is 333 g/mol. The Morgan fingerprint density at radius 2 is 1.70 bits per heavy atom. The smallest absolute Gasteiger partial charge is 0.238 e. The summed E-state index contributed by atoms with van der Waals surface area (Å²) in [4.78, 5) is 26.7. The van der Waals surface area contributed by atoms with E-state index in [2.05, 4.69) is 41.5 Å². The standard InChI is InChI=1S/C19H27NO2S/c1-18(2,3)14-9-7-8-10-15(14)20-16(21)11-13(17(20)22)12-23-19(4,5)6/h7-10,13H,11-12H2,1-6H3/t13-/m1/s1. The molecule has 0 aromatic heterocycles. The Labute approximate surface area is 143 Å². The Bertz CT molecular complexity index is 611. The molecule has 1 fully saturated rings. The number of hydrogen-bond acceptors (Lipinski definition) is 3. The summed E-state index contributed by atoms with van der Waals surface area (Å²) in [5, 5.41) is 0. The summed E-state index contributed by atoms with van der Waals surface area (Å²) in [7, 11) is 0. The van der Waals surface area contributed by atoms with Crippen LogP contribution in [0, 0.1) is 5.92 Å². The zero-order valence-electron chi connectivity index (χ0n) is 15.0. The van der Waals surface area contributed by atoms with E-state index >= 15 is 0 Å². The summed E-state index contributed by atoms with van der Waals surface area (Å²) < 4.78 is 0.0973. The van der Waals surface area contributed by atoms with Crippen LogP contribution in [0.3, 0.4) is 0 Å². The lowest BCUT2D eigenvalue weighted by molar-refractivity contribution is -0.122. The third-order valence-electron chi connectivity index (χ3n) is 3.91. The van der Waals surface area contributed by atoms with Crippen molar-refractivity contribution < 1.29 is 9.59 Å². The molecule has 0 saturated carbocycles. The monoisotopic (exact) mass is 333 g/mol. The Kier molecular flexibility index (Phi) is 4.95. The first-order valence-electron chi connectivity index (χ1n) is 8.11. The van der Waals surface area contributed by atoms with Gasteiger partial charge in [0.05, 0.1) is 11.6 Å². The molecule has 0 unspecified atom stereocenters. The van der Waals surface area contributed by atoms with E-state index in [1.165, 1.54) is 4.90 Å². The second-order valence-corrected chi connectivity index (χ2v) is 10.0. The largest absolute Gasteiger partial charge is 0.274 e. The predicted molar refractivity (Wildman–Crippen MR) is 98.0 cm³/mol. The second kappa shape index (κ2) is 6.31. The van der Waals surface area contributed by atoms with Gasteiger partial charge in [0.1, 0.15) is 0 Å². The first kappa shape index (κ1) is 18.1. The zero-order valence-corrected chi connectivity index (χ0v) is 15.8. The van der Waals surface area contributed by atoms with Crippen molar-refractivity contribution in [3.8, 4) is 0 Å². The molecule has 2 rings (SSSR count). The molecule has 126 valence electrons. The topological polar surface area (TPSA) is 37.4 Å². The highest BCUT2D eigenvalue weighted by Gasteiger charge is 2.41. The van der Waals surface area contributed by atoms with Crippen LogP contribution < -0.4 is 4.90 Å². The second-order valence-electron chi connectivity index (χ2n) is 8.16. The number of anilines is 1. The number of rotatable bonds is 3. The van der Waals surface area contributed by atoms with Crippen molar-refractivity contribution in [3.05, 3.63) is 29.8 Å². The normalized spacial score (nSPS) is 19.6. The van der Waals surface area contributed by atoms with Gasteiger partial charge in [-0.3, -0.25) is 9.59 Å². The average Bonchev–Trinajstić information content (AvgIpc) is 2.69. The number of nitrogens with zero attached hydrogens (tertiary/aromatic N) is 1. The Morgan fingerprint density at radius 3 is 2.26 bits per heavy atom. The fourth-order valence-corrected chi connectivity index (χ4v) is 3.69. The minimum absolute atomic E-state index is 0.0524. The van der Waals surface area contributed by atoms with Gasteiger partial charge in [-0.15, -0.1) is 0 Å². The Morgan fingerprint density at radius 1 is 1.09 bits per heavy atom. The van der Waals surface area contributed by atoms with Crippen LogP contribution in [0.25, 0.3) is 0 Å². The van der Waals surface area contributed by atoms with Gasteiger partial charge in [0, 0.05) is 16.9 Å². The summed E-state index contributed by atoms with van der Waals surface area (Å²) in [6.45, 7) is 12.7. The van der Waals surface area contributed by atoms with Gasteiger partial charge in [-0.1, -0.05) is 59.7 Å². The molecule has 0 spiro atoms. The van der Waals surface area contributed by atoms with Gasteiger partial charge in [-0.25, -0.2) is 4.90 Å². The van der Waals surface area contributed by atoms with Gasteiger partial charge in [-0.2, -0.15) is 11.8 Å². The number of imide groups is 1. The number of carbonyl (C=O) groups excluding carboxylic acids is 2. The van der Waals surface area contributed by atoms with Gasteiger partial charge < -0.3 is 0 Å². The molecule has 1 atom stereocenters. The lowest BCUT2D eigenvalue weighted by Gasteiger charge is -2.27. The van der Waals surface area contributed by atoms with Gasteiger partial charge in [-0.05, 0) is 17.0 Å². The Hall–Kier alpha value is -1.29. The highest BCUT2D eigenvalue weighted by atomic mass is 32.2. The molecular formula is C19H27NO2S. The van der Waals surface area contributed by atoms with Crippen molar-refractivity contribution in [2.24, 2.45) is 5.92 Å². The molecule has 0 N–H and O–H groups in total. The van der Waals surface area contributed by atoms with Crippen LogP contribution in [0.1, 0.15) is 53.5 Å². The third kappa shape index (κ3) is 4.17. The highest BCUT2D eigenvalue weighted by molar-refractivity contribution is 8.00. The maximum absolute atomic E-state index is 12.8. The van der Waals surface area contributed by atoms with E-state index in [9.17, 15) is 9.59 Å². The van der Waals surface area contributed by atoms with E-state index in [-0.39, 0.29) is 27.9 Å². The van der Waals surface area contributed by atoms with Crippen LogP contribution in [-0.2, 0) is 15.0 Å². The maximum atomic E-state index is 12.8. The first-order valence-corrected chi connectivity index (χ1v) is 9.09.